The molecule has 2 aromatic rings. The van der Waals surface area contributed by atoms with E-state index in [9.17, 15) is 13.2 Å². The Morgan fingerprint density at radius 3 is 2.21 bits per heavy atom. The average Bonchev–Trinajstić information content (AvgIpc) is 2.32. The van der Waals surface area contributed by atoms with Gasteiger partial charge >= 0.3 is 0 Å². The Morgan fingerprint density at radius 1 is 1.05 bits per heavy atom. The second-order valence-electron chi connectivity index (χ2n) is 4.01. The lowest BCUT2D eigenvalue weighted by atomic mass is 10.2. The van der Waals surface area contributed by atoms with Crippen LogP contribution in [0.1, 0.15) is 11.4 Å². The summed E-state index contributed by atoms with van der Waals surface area (Å²) < 4.78 is 39.0. The Kier molecular flexibility index (Phi) is 3.28. The molecule has 0 radical (unpaired) electrons. The van der Waals surface area contributed by atoms with E-state index in [0.29, 0.717) is 17.2 Å². The lowest BCUT2D eigenvalue weighted by molar-refractivity contribution is 0.448. The maximum Gasteiger partial charge on any atom is 0.194 e. The van der Waals surface area contributed by atoms with Crippen LogP contribution in [0.4, 0.5) is 30.5 Å². The third-order valence-electron chi connectivity index (χ3n) is 2.54. The van der Waals surface area contributed by atoms with Crippen molar-refractivity contribution in [3.05, 3.63) is 41.0 Å². The van der Waals surface area contributed by atoms with Crippen LogP contribution in [0.5, 0.6) is 0 Å². The van der Waals surface area contributed by atoms with E-state index in [1.54, 1.807) is 13.8 Å². The maximum atomic E-state index is 13.1. The van der Waals surface area contributed by atoms with Crippen LogP contribution in [0.25, 0.3) is 0 Å². The van der Waals surface area contributed by atoms with Crippen LogP contribution in [-0.2, 0) is 0 Å². The molecule has 0 aliphatic rings. The van der Waals surface area contributed by atoms with E-state index in [1.807, 2.05) is 0 Å². The number of nitrogens with one attached hydrogen (secondary N) is 1. The molecule has 0 aliphatic carbocycles. The van der Waals surface area contributed by atoms with Gasteiger partial charge in [0, 0.05) is 23.4 Å². The minimum atomic E-state index is -1.51. The molecule has 0 saturated carbocycles. The molecule has 1 aromatic heterocycles. The standard InChI is InChI=1S/C12H11F3N4/c1-5-11(16)17-6(2)18-12(5)19-7-3-8(13)10(15)9(14)4-7/h3-4H,1-2H3,(H3,16,17,18,19). The Labute approximate surface area is 107 Å². The number of nitrogen functional groups attached to an aromatic ring is 1. The zero-order valence-electron chi connectivity index (χ0n) is 10.3. The third-order valence-corrected chi connectivity index (χ3v) is 2.54. The van der Waals surface area contributed by atoms with Gasteiger partial charge in [-0.25, -0.2) is 23.1 Å². The SMILES string of the molecule is Cc1nc(N)c(C)c(Nc2cc(F)c(F)c(F)c2)n1. The summed E-state index contributed by atoms with van der Waals surface area (Å²) in [6.45, 7) is 3.29. The Morgan fingerprint density at radius 2 is 1.63 bits per heavy atom. The molecule has 0 aliphatic heterocycles. The number of halogens is 3. The molecule has 4 nitrogen and oxygen atoms in total. The van der Waals surface area contributed by atoms with E-state index in [2.05, 4.69) is 15.3 Å². The van der Waals surface area contributed by atoms with Crippen molar-refractivity contribution in [2.45, 2.75) is 13.8 Å². The number of hydrogen-bond donors (Lipinski definition) is 2. The predicted molar refractivity (Wildman–Crippen MR) is 65.5 cm³/mol. The van der Waals surface area contributed by atoms with Crippen LogP contribution in [-0.4, -0.2) is 9.97 Å². The van der Waals surface area contributed by atoms with Crippen LogP contribution in [0.2, 0.25) is 0 Å². The minimum absolute atomic E-state index is 0.0389. The molecular weight excluding hydrogens is 257 g/mol. The number of aromatic nitrogens is 2. The third kappa shape index (κ3) is 2.59. The van der Waals surface area contributed by atoms with Crippen LogP contribution >= 0.6 is 0 Å². The van der Waals surface area contributed by atoms with E-state index in [-0.39, 0.29) is 11.5 Å². The Hall–Kier alpha value is -2.31. The number of hydrogen-bond acceptors (Lipinski definition) is 4. The molecule has 0 spiro atoms. The van der Waals surface area contributed by atoms with Crippen molar-refractivity contribution in [1.82, 2.24) is 9.97 Å². The summed E-state index contributed by atoms with van der Waals surface area (Å²) in [5, 5.41) is 2.68. The molecule has 0 bridgehead atoms. The number of nitrogens with two attached hydrogens (primary N) is 1. The molecule has 1 heterocycles. The second-order valence-corrected chi connectivity index (χ2v) is 4.01. The summed E-state index contributed by atoms with van der Waals surface area (Å²) in [4.78, 5) is 8.01. The maximum absolute atomic E-state index is 13.1. The van der Waals surface area contributed by atoms with Gasteiger partial charge in [-0.1, -0.05) is 0 Å². The fourth-order valence-corrected chi connectivity index (χ4v) is 1.54. The molecule has 0 saturated heterocycles. The fraction of sp³-hybridized carbons (Fsp3) is 0.167. The van der Waals surface area contributed by atoms with Crippen molar-refractivity contribution in [3.63, 3.8) is 0 Å². The fourth-order valence-electron chi connectivity index (χ4n) is 1.54. The van der Waals surface area contributed by atoms with E-state index in [1.165, 1.54) is 0 Å². The molecule has 7 heteroatoms. The quantitative estimate of drug-likeness (QED) is 0.822. The first-order chi connectivity index (χ1) is 8.88. The first-order valence-electron chi connectivity index (χ1n) is 5.40. The van der Waals surface area contributed by atoms with Crippen molar-refractivity contribution in [1.29, 1.82) is 0 Å². The largest absolute Gasteiger partial charge is 0.383 e. The molecule has 0 fully saturated rings. The van der Waals surface area contributed by atoms with E-state index < -0.39 is 17.5 Å². The van der Waals surface area contributed by atoms with E-state index >= 15 is 0 Å². The predicted octanol–water partition coefficient (Wildman–Crippen LogP) is 2.84. The van der Waals surface area contributed by atoms with E-state index in [0.717, 1.165) is 12.1 Å². The zero-order valence-corrected chi connectivity index (χ0v) is 10.3. The van der Waals surface area contributed by atoms with Gasteiger partial charge in [0.15, 0.2) is 17.5 Å². The molecule has 19 heavy (non-hydrogen) atoms. The van der Waals surface area contributed by atoms with Crippen LogP contribution < -0.4 is 11.1 Å². The second kappa shape index (κ2) is 4.75. The van der Waals surface area contributed by atoms with Crippen molar-refractivity contribution < 1.29 is 13.2 Å². The lowest BCUT2D eigenvalue weighted by Crippen LogP contribution is -2.05. The van der Waals surface area contributed by atoms with Gasteiger partial charge in [-0.2, -0.15) is 0 Å². The topological polar surface area (TPSA) is 63.8 Å². The summed E-state index contributed by atoms with van der Waals surface area (Å²) in [5.41, 5.74) is 6.24. The molecule has 0 unspecified atom stereocenters. The molecule has 1 aromatic carbocycles. The van der Waals surface area contributed by atoms with Crippen molar-refractivity contribution in [2.75, 3.05) is 11.1 Å². The Balaban J connectivity index is 2.42. The van der Waals surface area contributed by atoms with Crippen molar-refractivity contribution in [2.24, 2.45) is 0 Å². The lowest BCUT2D eigenvalue weighted by Gasteiger charge is -2.11. The highest BCUT2D eigenvalue weighted by atomic mass is 19.2. The molecule has 0 amide bonds. The molecule has 0 atom stereocenters. The first-order valence-corrected chi connectivity index (χ1v) is 5.40. The summed E-state index contributed by atoms with van der Waals surface area (Å²) in [6.07, 6.45) is 0. The molecular formula is C12H11F3N4. The average molecular weight is 268 g/mol. The summed E-state index contributed by atoms with van der Waals surface area (Å²) in [7, 11) is 0. The number of rotatable bonds is 2. The monoisotopic (exact) mass is 268 g/mol. The molecule has 3 N–H and O–H groups in total. The van der Waals surface area contributed by atoms with Gasteiger partial charge in [-0.3, -0.25) is 0 Å². The van der Waals surface area contributed by atoms with Gasteiger partial charge < -0.3 is 11.1 Å². The smallest absolute Gasteiger partial charge is 0.194 e. The number of anilines is 3. The summed E-state index contributed by atoms with van der Waals surface area (Å²) >= 11 is 0. The van der Waals surface area contributed by atoms with Gasteiger partial charge in [0.1, 0.15) is 17.5 Å². The van der Waals surface area contributed by atoms with Gasteiger partial charge in [0.05, 0.1) is 0 Å². The van der Waals surface area contributed by atoms with Crippen molar-refractivity contribution in [3.8, 4) is 0 Å². The molecule has 2 rings (SSSR count). The summed E-state index contributed by atoms with van der Waals surface area (Å²) in [5.74, 6) is -3.08. The van der Waals surface area contributed by atoms with Gasteiger partial charge in [0.25, 0.3) is 0 Å². The highest BCUT2D eigenvalue weighted by Crippen LogP contribution is 2.24. The number of aryl methyl sites for hydroxylation is 1. The van der Waals surface area contributed by atoms with Crippen LogP contribution in [0.3, 0.4) is 0 Å². The zero-order chi connectivity index (χ0) is 14.2. The van der Waals surface area contributed by atoms with Gasteiger partial charge in [-0.05, 0) is 13.8 Å². The molecule has 100 valence electrons. The highest BCUT2D eigenvalue weighted by molar-refractivity contribution is 5.63. The minimum Gasteiger partial charge on any atom is -0.383 e. The van der Waals surface area contributed by atoms with E-state index in [4.69, 9.17) is 5.73 Å². The summed E-state index contributed by atoms with van der Waals surface area (Å²) in [6, 6.07) is 1.68. The Bertz CT molecular complexity index is 620. The highest BCUT2D eigenvalue weighted by Gasteiger charge is 2.12. The van der Waals surface area contributed by atoms with Gasteiger partial charge in [-0.15, -0.1) is 0 Å². The van der Waals surface area contributed by atoms with Crippen LogP contribution in [0.15, 0.2) is 12.1 Å². The normalized spacial score (nSPS) is 10.6. The van der Waals surface area contributed by atoms with Crippen LogP contribution in [0, 0.1) is 31.3 Å². The number of nitrogens with zero attached hydrogens (tertiary/aromatic N) is 2. The number of benzene rings is 1. The van der Waals surface area contributed by atoms with Crippen molar-refractivity contribution >= 4 is 17.3 Å². The van der Waals surface area contributed by atoms with Gasteiger partial charge in [0.2, 0.25) is 0 Å². The first kappa shape index (κ1) is 13.1.